The molecule has 0 spiro atoms. The molecule has 1 aromatic rings. The Kier molecular flexibility index (Phi) is 5.24. The lowest BCUT2D eigenvalue weighted by Crippen LogP contribution is -2.12. The van der Waals surface area contributed by atoms with E-state index in [2.05, 4.69) is 0 Å². The SMILES string of the molecule is CCc1cc([N+](=O)[O-])ccc1CC(=O)CCC(F)(F)F. The lowest BCUT2D eigenvalue weighted by molar-refractivity contribution is -0.384. The second-order valence-electron chi connectivity index (χ2n) is 4.39. The second kappa shape index (κ2) is 6.49. The Morgan fingerprint density at radius 1 is 1.30 bits per heavy atom. The minimum absolute atomic E-state index is 0.0895. The summed E-state index contributed by atoms with van der Waals surface area (Å²) in [6.07, 6.45) is -5.70. The first-order valence-electron chi connectivity index (χ1n) is 6.07. The smallest absolute Gasteiger partial charge is 0.299 e. The van der Waals surface area contributed by atoms with E-state index >= 15 is 0 Å². The number of Topliss-reactive ketones (excluding diaryl/α,β-unsaturated/α-hetero) is 1. The fraction of sp³-hybridized carbons (Fsp3) is 0.462. The van der Waals surface area contributed by atoms with E-state index in [1.54, 1.807) is 6.92 Å². The number of halogens is 3. The summed E-state index contributed by atoms with van der Waals surface area (Å²) < 4.78 is 36.0. The van der Waals surface area contributed by atoms with Crippen LogP contribution in [0, 0.1) is 10.1 Å². The zero-order valence-corrected chi connectivity index (χ0v) is 10.9. The van der Waals surface area contributed by atoms with E-state index < -0.39 is 29.7 Å². The Morgan fingerprint density at radius 2 is 1.95 bits per heavy atom. The fourth-order valence-electron chi connectivity index (χ4n) is 1.81. The molecule has 4 nitrogen and oxygen atoms in total. The van der Waals surface area contributed by atoms with E-state index in [0.29, 0.717) is 17.5 Å². The van der Waals surface area contributed by atoms with Crippen LogP contribution in [0.5, 0.6) is 0 Å². The lowest BCUT2D eigenvalue weighted by atomic mass is 9.98. The lowest BCUT2D eigenvalue weighted by Gasteiger charge is -2.08. The van der Waals surface area contributed by atoms with Crippen molar-refractivity contribution in [2.45, 2.75) is 38.8 Å². The van der Waals surface area contributed by atoms with Gasteiger partial charge < -0.3 is 0 Å². The number of alkyl halides is 3. The molecule has 0 bridgehead atoms. The summed E-state index contributed by atoms with van der Waals surface area (Å²) in [5, 5.41) is 10.6. The summed E-state index contributed by atoms with van der Waals surface area (Å²) in [6.45, 7) is 1.77. The minimum Gasteiger partial charge on any atom is -0.299 e. The van der Waals surface area contributed by atoms with Gasteiger partial charge in [0.25, 0.3) is 5.69 Å². The number of non-ortho nitro benzene ring substituents is 1. The predicted molar refractivity (Wildman–Crippen MR) is 66.5 cm³/mol. The Bertz CT molecular complexity index is 512. The monoisotopic (exact) mass is 289 g/mol. The van der Waals surface area contributed by atoms with Crippen LogP contribution < -0.4 is 0 Å². The highest BCUT2D eigenvalue weighted by atomic mass is 19.4. The number of hydrogen-bond donors (Lipinski definition) is 0. The largest absolute Gasteiger partial charge is 0.389 e. The van der Waals surface area contributed by atoms with Gasteiger partial charge in [0.1, 0.15) is 5.78 Å². The van der Waals surface area contributed by atoms with Crippen molar-refractivity contribution in [3.05, 3.63) is 39.4 Å². The summed E-state index contributed by atoms with van der Waals surface area (Å²) >= 11 is 0. The quantitative estimate of drug-likeness (QED) is 0.593. The predicted octanol–water partition coefficient (Wildman–Crippen LogP) is 3.61. The molecular weight excluding hydrogens is 275 g/mol. The molecule has 1 rings (SSSR count). The molecule has 0 radical (unpaired) electrons. The molecule has 20 heavy (non-hydrogen) atoms. The molecule has 110 valence electrons. The molecule has 0 aliphatic carbocycles. The highest BCUT2D eigenvalue weighted by molar-refractivity contribution is 5.81. The number of nitro groups is 1. The van der Waals surface area contributed by atoms with Crippen LogP contribution in [-0.4, -0.2) is 16.9 Å². The average Bonchev–Trinajstić information content (AvgIpc) is 2.35. The third kappa shape index (κ3) is 4.99. The molecular formula is C13H14F3NO3. The Hall–Kier alpha value is -1.92. The molecule has 0 amide bonds. The maximum absolute atomic E-state index is 12.0. The van der Waals surface area contributed by atoms with E-state index in [1.165, 1.54) is 18.2 Å². The van der Waals surface area contributed by atoms with Crippen LogP contribution in [0.2, 0.25) is 0 Å². The van der Waals surface area contributed by atoms with Crippen molar-refractivity contribution >= 4 is 11.5 Å². The molecule has 0 heterocycles. The molecule has 0 aromatic heterocycles. The van der Waals surface area contributed by atoms with Gasteiger partial charge >= 0.3 is 6.18 Å². The molecule has 0 aliphatic heterocycles. The number of nitro benzene ring substituents is 1. The first kappa shape index (κ1) is 16.1. The third-order valence-corrected chi connectivity index (χ3v) is 2.86. The number of carbonyl (C=O) groups excluding carboxylic acids is 1. The molecule has 0 atom stereocenters. The van der Waals surface area contributed by atoms with Gasteiger partial charge in [-0.1, -0.05) is 13.0 Å². The summed E-state index contributed by atoms with van der Waals surface area (Å²) in [4.78, 5) is 21.6. The van der Waals surface area contributed by atoms with Crippen LogP contribution in [0.4, 0.5) is 18.9 Å². The summed E-state index contributed by atoms with van der Waals surface area (Å²) in [5.74, 6) is -0.522. The van der Waals surface area contributed by atoms with Gasteiger partial charge in [0, 0.05) is 25.0 Å². The summed E-state index contributed by atoms with van der Waals surface area (Å²) in [6, 6.07) is 4.04. The van der Waals surface area contributed by atoms with Crippen molar-refractivity contribution in [1.29, 1.82) is 0 Å². The first-order valence-corrected chi connectivity index (χ1v) is 6.07. The number of rotatable bonds is 6. The van der Waals surface area contributed by atoms with Crippen LogP contribution in [0.25, 0.3) is 0 Å². The number of nitrogens with zero attached hydrogens (tertiary/aromatic N) is 1. The van der Waals surface area contributed by atoms with Gasteiger partial charge in [0.2, 0.25) is 0 Å². The van der Waals surface area contributed by atoms with Crippen LogP contribution in [-0.2, 0) is 17.6 Å². The van der Waals surface area contributed by atoms with Gasteiger partial charge in [0.15, 0.2) is 0 Å². The van der Waals surface area contributed by atoms with Gasteiger partial charge in [-0.05, 0) is 17.5 Å². The topological polar surface area (TPSA) is 60.2 Å². The maximum Gasteiger partial charge on any atom is 0.389 e. The highest BCUT2D eigenvalue weighted by Gasteiger charge is 2.27. The first-order chi connectivity index (χ1) is 9.23. The van der Waals surface area contributed by atoms with Crippen LogP contribution in [0.15, 0.2) is 18.2 Å². The van der Waals surface area contributed by atoms with Crippen molar-refractivity contribution < 1.29 is 22.9 Å². The maximum atomic E-state index is 12.0. The summed E-state index contributed by atoms with van der Waals surface area (Å²) in [7, 11) is 0. The Balaban J connectivity index is 2.77. The van der Waals surface area contributed by atoms with Crippen LogP contribution in [0.3, 0.4) is 0 Å². The van der Waals surface area contributed by atoms with Crippen molar-refractivity contribution in [3.8, 4) is 0 Å². The van der Waals surface area contributed by atoms with Gasteiger partial charge in [-0.25, -0.2) is 0 Å². The highest BCUT2D eigenvalue weighted by Crippen LogP contribution is 2.23. The zero-order valence-electron chi connectivity index (χ0n) is 10.9. The third-order valence-electron chi connectivity index (χ3n) is 2.86. The Labute approximate surface area is 113 Å². The zero-order chi connectivity index (χ0) is 15.3. The molecule has 0 N–H and O–H groups in total. The van der Waals surface area contributed by atoms with Gasteiger partial charge in [-0.3, -0.25) is 14.9 Å². The number of carbonyl (C=O) groups is 1. The van der Waals surface area contributed by atoms with E-state index in [0.717, 1.165) is 0 Å². The number of ketones is 1. The minimum atomic E-state index is -4.35. The molecule has 1 aromatic carbocycles. The molecule has 0 unspecified atom stereocenters. The van der Waals surface area contributed by atoms with Crippen LogP contribution >= 0.6 is 0 Å². The molecule has 0 fully saturated rings. The van der Waals surface area contributed by atoms with E-state index in [4.69, 9.17) is 0 Å². The molecule has 7 heteroatoms. The number of benzene rings is 1. The Morgan fingerprint density at radius 3 is 2.45 bits per heavy atom. The van der Waals surface area contributed by atoms with E-state index in [9.17, 15) is 28.1 Å². The van der Waals surface area contributed by atoms with Gasteiger partial charge in [-0.2, -0.15) is 13.2 Å². The van der Waals surface area contributed by atoms with Crippen molar-refractivity contribution in [1.82, 2.24) is 0 Å². The van der Waals surface area contributed by atoms with E-state index in [-0.39, 0.29) is 12.1 Å². The molecule has 0 saturated heterocycles. The normalized spacial score (nSPS) is 11.4. The number of aryl methyl sites for hydroxylation is 1. The van der Waals surface area contributed by atoms with Crippen LogP contribution in [0.1, 0.15) is 30.9 Å². The standard InChI is InChI=1S/C13H14F3NO3/c1-2-9-7-11(17(19)20)4-3-10(9)8-12(18)5-6-13(14,15)16/h3-4,7H,2,5-6,8H2,1H3. The number of hydrogen-bond acceptors (Lipinski definition) is 3. The van der Waals surface area contributed by atoms with Crippen molar-refractivity contribution in [2.24, 2.45) is 0 Å². The van der Waals surface area contributed by atoms with Crippen molar-refractivity contribution in [2.75, 3.05) is 0 Å². The molecule has 0 aliphatic rings. The molecule has 0 saturated carbocycles. The fourth-order valence-corrected chi connectivity index (χ4v) is 1.81. The van der Waals surface area contributed by atoms with E-state index in [1.807, 2.05) is 0 Å². The van der Waals surface area contributed by atoms with Crippen molar-refractivity contribution in [3.63, 3.8) is 0 Å². The average molecular weight is 289 g/mol. The van der Waals surface area contributed by atoms with Gasteiger partial charge in [0.05, 0.1) is 11.3 Å². The van der Waals surface area contributed by atoms with Gasteiger partial charge in [-0.15, -0.1) is 0 Å². The second-order valence-corrected chi connectivity index (χ2v) is 4.39. The summed E-state index contributed by atoms with van der Waals surface area (Å²) in [5.41, 5.74) is 1.07.